The number of hydrogen-bond acceptors (Lipinski definition) is 3. The zero-order valence-electron chi connectivity index (χ0n) is 14.2. The molecular formula is C19H20FNO4. The van der Waals surface area contributed by atoms with E-state index in [1.165, 1.54) is 36.4 Å². The first-order chi connectivity index (χ1) is 11.8. The molecule has 2 aromatic carbocycles. The first-order valence-electron chi connectivity index (χ1n) is 7.88. The van der Waals surface area contributed by atoms with Crippen LogP contribution in [-0.4, -0.2) is 23.1 Å². The van der Waals surface area contributed by atoms with Crippen molar-refractivity contribution in [3.05, 3.63) is 59.4 Å². The number of ether oxygens (including phenoxy) is 1. The second-order valence-electron chi connectivity index (χ2n) is 5.95. The molecule has 25 heavy (non-hydrogen) atoms. The molecule has 0 heterocycles. The van der Waals surface area contributed by atoms with Crippen molar-refractivity contribution in [1.82, 2.24) is 0 Å². The van der Waals surface area contributed by atoms with E-state index in [1.807, 2.05) is 13.8 Å². The summed E-state index contributed by atoms with van der Waals surface area (Å²) in [5.41, 5.74) is 0.824. The minimum absolute atomic E-state index is 0.0322. The van der Waals surface area contributed by atoms with Gasteiger partial charge in [-0.3, -0.25) is 4.79 Å². The van der Waals surface area contributed by atoms with E-state index in [0.29, 0.717) is 11.3 Å². The van der Waals surface area contributed by atoms with Crippen LogP contribution in [0.5, 0.6) is 5.75 Å². The monoisotopic (exact) mass is 345 g/mol. The van der Waals surface area contributed by atoms with Gasteiger partial charge in [-0.15, -0.1) is 0 Å². The predicted molar refractivity (Wildman–Crippen MR) is 92.6 cm³/mol. The largest absolute Gasteiger partial charge is 0.489 e. The third kappa shape index (κ3) is 4.79. The zero-order chi connectivity index (χ0) is 18.6. The fourth-order valence-electron chi connectivity index (χ4n) is 2.29. The second kappa shape index (κ2) is 7.79. The van der Waals surface area contributed by atoms with Crippen molar-refractivity contribution in [2.24, 2.45) is 0 Å². The van der Waals surface area contributed by atoms with Crippen LogP contribution in [0.3, 0.4) is 0 Å². The van der Waals surface area contributed by atoms with E-state index in [2.05, 4.69) is 5.32 Å². The van der Waals surface area contributed by atoms with Gasteiger partial charge in [0.15, 0.2) is 0 Å². The van der Waals surface area contributed by atoms with Gasteiger partial charge in [-0.25, -0.2) is 9.18 Å². The van der Waals surface area contributed by atoms with Gasteiger partial charge in [0, 0.05) is 0 Å². The lowest BCUT2D eigenvalue weighted by atomic mass is 10.00. The average Bonchev–Trinajstić information content (AvgIpc) is 2.55. The summed E-state index contributed by atoms with van der Waals surface area (Å²) in [5, 5.41) is 11.8. The smallest absolute Gasteiger partial charge is 0.335 e. The van der Waals surface area contributed by atoms with E-state index in [0.717, 1.165) is 0 Å². The molecule has 1 atom stereocenters. The summed E-state index contributed by atoms with van der Waals surface area (Å²) in [4.78, 5) is 23.7. The van der Waals surface area contributed by atoms with Crippen LogP contribution in [0.1, 0.15) is 42.6 Å². The molecule has 0 fully saturated rings. The molecule has 1 unspecified atom stereocenters. The fourth-order valence-corrected chi connectivity index (χ4v) is 2.29. The molecule has 0 aliphatic carbocycles. The maximum absolute atomic E-state index is 13.4. The number of carbonyl (C=O) groups is 2. The van der Waals surface area contributed by atoms with Crippen molar-refractivity contribution in [2.75, 3.05) is 5.32 Å². The highest BCUT2D eigenvalue weighted by atomic mass is 19.1. The van der Waals surface area contributed by atoms with Crippen LogP contribution in [0.2, 0.25) is 0 Å². The minimum atomic E-state index is -1.11. The number of nitrogens with one attached hydrogen (secondary N) is 1. The highest BCUT2D eigenvalue weighted by molar-refractivity contribution is 5.98. The molecular weight excluding hydrogens is 325 g/mol. The van der Waals surface area contributed by atoms with Gasteiger partial charge < -0.3 is 15.2 Å². The van der Waals surface area contributed by atoms with Gasteiger partial charge in [0.25, 0.3) is 0 Å². The number of aromatic carboxylic acids is 1. The molecule has 0 saturated carbocycles. The van der Waals surface area contributed by atoms with Crippen molar-refractivity contribution in [2.45, 2.75) is 32.8 Å². The lowest BCUT2D eigenvalue weighted by molar-refractivity contribution is -0.117. The number of carboxylic acid groups (broad SMARTS) is 1. The Morgan fingerprint density at radius 1 is 1.12 bits per heavy atom. The highest BCUT2D eigenvalue weighted by Gasteiger charge is 2.19. The molecule has 2 N–H and O–H groups in total. The Morgan fingerprint density at radius 3 is 2.44 bits per heavy atom. The molecule has 0 radical (unpaired) electrons. The van der Waals surface area contributed by atoms with Gasteiger partial charge in [0.05, 0.1) is 23.3 Å². The lowest BCUT2D eigenvalue weighted by Crippen LogP contribution is -2.20. The molecule has 5 nitrogen and oxygen atoms in total. The zero-order valence-corrected chi connectivity index (χ0v) is 14.2. The molecule has 0 saturated heterocycles. The van der Waals surface area contributed by atoms with E-state index in [9.17, 15) is 14.0 Å². The first kappa shape index (κ1) is 18.4. The number of benzene rings is 2. The fraction of sp³-hybridized carbons (Fsp3) is 0.263. The van der Waals surface area contributed by atoms with Crippen molar-refractivity contribution in [3.8, 4) is 5.75 Å². The van der Waals surface area contributed by atoms with Gasteiger partial charge in [-0.1, -0.05) is 12.1 Å². The Bertz CT molecular complexity index is 789. The molecule has 0 aromatic heterocycles. The summed E-state index contributed by atoms with van der Waals surface area (Å²) < 4.78 is 19.0. The second-order valence-corrected chi connectivity index (χ2v) is 5.95. The summed E-state index contributed by atoms with van der Waals surface area (Å²) in [7, 11) is 0. The summed E-state index contributed by atoms with van der Waals surface area (Å²) in [6, 6.07) is 10.1. The normalized spacial score (nSPS) is 11.9. The first-order valence-corrected chi connectivity index (χ1v) is 7.88. The van der Waals surface area contributed by atoms with Crippen molar-refractivity contribution < 1.29 is 23.8 Å². The van der Waals surface area contributed by atoms with E-state index < -0.39 is 17.7 Å². The van der Waals surface area contributed by atoms with Crippen LogP contribution in [-0.2, 0) is 4.79 Å². The molecule has 1 amide bonds. The molecule has 0 bridgehead atoms. The molecule has 0 spiro atoms. The minimum Gasteiger partial charge on any atom is -0.489 e. The van der Waals surface area contributed by atoms with E-state index in [4.69, 9.17) is 9.84 Å². The van der Waals surface area contributed by atoms with E-state index in [1.54, 1.807) is 13.0 Å². The van der Waals surface area contributed by atoms with Gasteiger partial charge in [-0.2, -0.15) is 0 Å². The number of carbonyl (C=O) groups excluding carboxylic acids is 1. The molecule has 132 valence electrons. The van der Waals surface area contributed by atoms with Crippen molar-refractivity contribution in [1.29, 1.82) is 0 Å². The number of amides is 1. The number of carboxylic acids is 1. The Labute approximate surface area is 145 Å². The standard InChI is InChI=1S/C19H20FNO4/c1-11(2)25-17-8-7-14(19(23)24)10-16(17)21-18(22)12(3)13-5-4-6-15(20)9-13/h4-12H,1-3H3,(H,21,22)(H,23,24). The Balaban J connectivity index is 2.28. The van der Waals surface area contributed by atoms with Crippen molar-refractivity contribution >= 4 is 17.6 Å². The summed E-state index contributed by atoms with van der Waals surface area (Å²) in [6.45, 7) is 5.30. The van der Waals surface area contributed by atoms with E-state index >= 15 is 0 Å². The van der Waals surface area contributed by atoms with Gasteiger partial charge in [-0.05, 0) is 56.7 Å². The van der Waals surface area contributed by atoms with Crippen LogP contribution in [0.25, 0.3) is 0 Å². The van der Waals surface area contributed by atoms with Crippen LogP contribution in [0, 0.1) is 5.82 Å². The van der Waals surface area contributed by atoms with Gasteiger partial charge in [0.1, 0.15) is 11.6 Å². The van der Waals surface area contributed by atoms with Crippen LogP contribution in [0.4, 0.5) is 10.1 Å². The number of hydrogen-bond donors (Lipinski definition) is 2. The summed E-state index contributed by atoms with van der Waals surface area (Å²) in [6.07, 6.45) is -0.146. The average molecular weight is 345 g/mol. The van der Waals surface area contributed by atoms with Crippen molar-refractivity contribution in [3.63, 3.8) is 0 Å². The molecule has 2 aromatic rings. The Kier molecular flexibility index (Phi) is 5.75. The number of rotatable bonds is 6. The van der Waals surface area contributed by atoms with Crippen LogP contribution in [0.15, 0.2) is 42.5 Å². The van der Waals surface area contributed by atoms with Crippen LogP contribution >= 0.6 is 0 Å². The number of halogens is 1. The van der Waals surface area contributed by atoms with Crippen LogP contribution < -0.4 is 10.1 Å². The highest BCUT2D eigenvalue weighted by Crippen LogP contribution is 2.28. The quantitative estimate of drug-likeness (QED) is 0.828. The third-order valence-corrected chi connectivity index (χ3v) is 3.59. The van der Waals surface area contributed by atoms with Gasteiger partial charge in [0.2, 0.25) is 5.91 Å². The third-order valence-electron chi connectivity index (χ3n) is 3.59. The summed E-state index contributed by atoms with van der Waals surface area (Å²) in [5.74, 6) is -2.16. The topological polar surface area (TPSA) is 75.6 Å². The predicted octanol–water partition coefficient (Wildman–Crippen LogP) is 4.05. The van der Waals surface area contributed by atoms with E-state index in [-0.39, 0.29) is 23.3 Å². The van der Waals surface area contributed by atoms with Gasteiger partial charge >= 0.3 is 5.97 Å². The Morgan fingerprint density at radius 2 is 1.84 bits per heavy atom. The molecule has 0 aliphatic rings. The maximum Gasteiger partial charge on any atom is 0.335 e. The Hall–Kier alpha value is -2.89. The number of anilines is 1. The molecule has 0 aliphatic heterocycles. The molecule has 2 rings (SSSR count). The maximum atomic E-state index is 13.4. The molecule has 6 heteroatoms. The summed E-state index contributed by atoms with van der Waals surface area (Å²) >= 11 is 0. The SMILES string of the molecule is CC(C)Oc1ccc(C(=O)O)cc1NC(=O)C(C)c1cccc(F)c1. The lowest BCUT2D eigenvalue weighted by Gasteiger charge is -2.18.